The number of carbonyl (C=O) groups excluding carboxylic acids is 3. The zero-order valence-electron chi connectivity index (χ0n) is 16.9. The van der Waals surface area contributed by atoms with Crippen molar-refractivity contribution in [3.8, 4) is 0 Å². The summed E-state index contributed by atoms with van der Waals surface area (Å²) in [5.41, 5.74) is 2.76. The maximum Gasteiger partial charge on any atom is 0.325 e. The van der Waals surface area contributed by atoms with Crippen molar-refractivity contribution in [1.82, 2.24) is 9.80 Å². The Morgan fingerprint density at radius 3 is 2.37 bits per heavy atom. The molecule has 2 rings (SSSR count). The van der Waals surface area contributed by atoms with Gasteiger partial charge in [0.2, 0.25) is 5.91 Å². The van der Waals surface area contributed by atoms with Crippen LogP contribution in [-0.2, 0) is 14.3 Å². The fourth-order valence-corrected chi connectivity index (χ4v) is 3.60. The molecule has 0 saturated carbocycles. The Morgan fingerprint density at radius 2 is 1.81 bits per heavy atom. The number of nitrogens with zero attached hydrogens (tertiary/aromatic N) is 2. The van der Waals surface area contributed by atoms with Crippen molar-refractivity contribution in [2.45, 2.75) is 46.6 Å². The Bertz CT molecular complexity index is 694. The van der Waals surface area contributed by atoms with E-state index in [9.17, 15) is 14.4 Å². The second kappa shape index (κ2) is 9.02. The van der Waals surface area contributed by atoms with E-state index in [1.165, 1.54) is 7.11 Å². The van der Waals surface area contributed by atoms with Crippen molar-refractivity contribution in [3.63, 3.8) is 0 Å². The molecule has 1 atom stereocenters. The summed E-state index contributed by atoms with van der Waals surface area (Å²) in [6.45, 7) is 8.67. The first-order valence-corrected chi connectivity index (χ1v) is 9.47. The number of amides is 2. The molecular formula is C21H30N2O4. The second-order valence-electron chi connectivity index (χ2n) is 7.60. The molecule has 1 saturated heterocycles. The van der Waals surface area contributed by atoms with Crippen LogP contribution in [0.15, 0.2) is 18.2 Å². The molecule has 2 amide bonds. The van der Waals surface area contributed by atoms with Gasteiger partial charge in [0.1, 0.15) is 6.54 Å². The quantitative estimate of drug-likeness (QED) is 0.743. The normalized spacial score (nSPS) is 17.0. The molecule has 148 valence electrons. The predicted molar refractivity (Wildman–Crippen MR) is 103 cm³/mol. The van der Waals surface area contributed by atoms with E-state index in [0.717, 1.165) is 24.0 Å². The molecule has 6 nitrogen and oxygen atoms in total. The standard InChI is InChI=1S/C21H30N2O4/c1-14(2)23(13-19(24)27-5)21(26)17-7-6-8-22(12-17)20(25)18-10-15(3)9-16(4)11-18/h9-11,14,17H,6-8,12-13H2,1-5H3. The lowest BCUT2D eigenvalue weighted by atomic mass is 9.95. The largest absolute Gasteiger partial charge is 0.468 e. The smallest absolute Gasteiger partial charge is 0.325 e. The maximum absolute atomic E-state index is 13.0. The molecule has 1 fully saturated rings. The van der Waals surface area contributed by atoms with Crippen molar-refractivity contribution >= 4 is 17.8 Å². The van der Waals surface area contributed by atoms with Gasteiger partial charge in [-0.2, -0.15) is 0 Å². The first kappa shape index (κ1) is 20.9. The van der Waals surface area contributed by atoms with E-state index in [-0.39, 0.29) is 30.3 Å². The lowest BCUT2D eigenvalue weighted by Crippen LogP contribution is -2.50. The third-order valence-corrected chi connectivity index (χ3v) is 4.96. The molecule has 27 heavy (non-hydrogen) atoms. The lowest BCUT2D eigenvalue weighted by molar-refractivity contribution is -0.150. The van der Waals surface area contributed by atoms with Gasteiger partial charge in [0, 0.05) is 24.7 Å². The number of methoxy groups -OCH3 is 1. The number of esters is 1. The topological polar surface area (TPSA) is 66.9 Å². The van der Waals surface area contributed by atoms with Gasteiger partial charge < -0.3 is 14.5 Å². The van der Waals surface area contributed by atoms with Gasteiger partial charge in [-0.3, -0.25) is 14.4 Å². The second-order valence-corrected chi connectivity index (χ2v) is 7.60. The van der Waals surface area contributed by atoms with E-state index in [2.05, 4.69) is 0 Å². The van der Waals surface area contributed by atoms with Gasteiger partial charge >= 0.3 is 5.97 Å². The van der Waals surface area contributed by atoms with Gasteiger partial charge in [0.25, 0.3) is 5.91 Å². The fourth-order valence-electron chi connectivity index (χ4n) is 3.60. The molecule has 1 aromatic carbocycles. The van der Waals surface area contributed by atoms with Crippen LogP contribution < -0.4 is 0 Å². The van der Waals surface area contributed by atoms with Crippen LogP contribution in [0.5, 0.6) is 0 Å². The van der Waals surface area contributed by atoms with Crippen LogP contribution in [0.1, 0.15) is 48.2 Å². The highest BCUT2D eigenvalue weighted by Gasteiger charge is 2.33. The zero-order valence-corrected chi connectivity index (χ0v) is 16.9. The average Bonchev–Trinajstić information content (AvgIpc) is 2.63. The number of hydrogen-bond donors (Lipinski definition) is 0. The number of aryl methyl sites for hydroxylation is 2. The van der Waals surface area contributed by atoms with Crippen LogP contribution in [0.3, 0.4) is 0 Å². The molecule has 0 spiro atoms. The summed E-state index contributed by atoms with van der Waals surface area (Å²) in [7, 11) is 1.32. The van der Waals surface area contributed by atoms with E-state index >= 15 is 0 Å². The van der Waals surface area contributed by atoms with Crippen LogP contribution >= 0.6 is 0 Å². The Balaban J connectivity index is 2.12. The van der Waals surface area contributed by atoms with E-state index in [0.29, 0.717) is 18.7 Å². The summed E-state index contributed by atoms with van der Waals surface area (Å²) in [4.78, 5) is 40.9. The Morgan fingerprint density at radius 1 is 1.19 bits per heavy atom. The highest BCUT2D eigenvalue weighted by atomic mass is 16.5. The summed E-state index contributed by atoms with van der Waals surface area (Å²) in [5.74, 6) is -0.853. The molecule has 6 heteroatoms. The molecule has 0 radical (unpaired) electrons. The predicted octanol–water partition coefficient (Wildman–Crippen LogP) is 2.57. The van der Waals surface area contributed by atoms with Crippen molar-refractivity contribution in [2.24, 2.45) is 5.92 Å². The van der Waals surface area contributed by atoms with Crippen molar-refractivity contribution in [3.05, 3.63) is 34.9 Å². The van der Waals surface area contributed by atoms with Gasteiger partial charge in [-0.1, -0.05) is 17.2 Å². The maximum atomic E-state index is 13.0. The van der Waals surface area contributed by atoms with Crippen LogP contribution in [0.25, 0.3) is 0 Å². The Kier molecular flexibility index (Phi) is 6.99. The molecule has 1 aliphatic heterocycles. The van der Waals surface area contributed by atoms with Crippen LogP contribution in [-0.4, -0.2) is 60.4 Å². The SMILES string of the molecule is COC(=O)CN(C(=O)C1CCCN(C(=O)c2cc(C)cc(C)c2)C1)C(C)C. The molecule has 0 aromatic heterocycles. The van der Waals surface area contributed by atoms with E-state index in [1.54, 1.807) is 9.80 Å². The molecule has 0 aliphatic carbocycles. The van der Waals surface area contributed by atoms with Crippen LogP contribution in [0.2, 0.25) is 0 Å². The highest BCUT2D eigenvalue weighted by molar-refractivity contribution is 5.95. The molecule has 1 aliphatic rings. The van der Waals surface area contributed by atoms with E-state index in [4.69, 9.17) is 4.74 Å². The van der Waals surface area contributed by atoms with Crippen LogP contribution in [0, 0.1) is 19.8 Å². The first-order chi connectivity index (χ1) is 12.7. The van der Waals surface area contributed by atoms with E-state index in [1.807, 2.05) is 45.9 Å². The molecule has 1 unspecified atom stereocenters. The first-order valence-electron chi connectivity index (χ1n) is 9.47. The van der Waals surface area contributed by atoms with Gasteiger partial charge in [0.05, 0.1) is 13.0 Å². The van der Waals surface area contributed by atoms with Crippen LogP contribution in [0.4, 0.5) is 0 Å². The number of piperidine rings is 1. The molecule has 1 aromatic rings. The van der Waals surface area contributed by atoms with Crippen molar-refractivity contribution in [1.29, 1.82) is 0 Å². The number of hydrogen-bond acceptors (Lipinski definition) is 4. The Hall–Kier alpha value is -2.37. The minimum absolute atomic E-state index is 0.0386. The van der Waals surface area contributed by atoms with Gasteiger partial charge in [-0.05, 0) is 52.7 Å². The van der Waals surface area contributed by atoms with Crippen molar-refractivity contribution < 1.29 is 19.1 Å². The minimum Gasteiger partial charge on any atom is -0.468 e. The van der Waals surface area contributed by atoms with Gasteiger partial charge in [-0.15, -0.1) is 0 Å². The number of benzene rings is 1. The van der Waals surface area contributed by atoms with Crippen molar-refractivity contribution in [2.75, 3.05) is 26.7 Å². The molecular weight excluding hydrogens is 344 g/mol. The number of carbonyl (C=O) groups is 3. The van der Waals surface area contributed by atoms with Gasteiger partial charge in [0.15, 0.2) is 0 Å². The minimum atomic E-state index is -0.434. The molecule has 0 bridgehead atoms. The number of rotatable bonds is 5. The molecule has 1 heterocycles. The monoisotopic (exact) mass is 374 g/mol. The summed E-state index contributed by atoms with van der Waals surface area (Å²) < 4.78 is 4.71. The third-order valence-electron chi connectivity index (χ3n) is 4.96. The average molecular weight is 374 g/mol. The summed E-state index contributed by atoms with van der Waals surface area (Å²) in [5, 5.41) is 0. The zero-order chi connectivity index (χ0) is 20.1. The van der Waals surface area contributed by atoms with E-state index < -0.39 is 5.97 Å². The number of ether oxygens (including phenoxy) is 1. The number of likely N-dealkylation sites (tertiary alicyclic amines) is 1. The fraction of sp³-hybridized carbons (Fsp3) is 0.571. The lowest BCUT2D eigenvalue weighted by Gasteiger charge is -2.36. The summed E-state index contributed by atoms with van der Waals surface area (Å²) in [6, 6.07) is 5.70. The summed E-state index contributed by atoms with van der Waals surface area (Å²) in [6.07, 6.45) is 1.50. The summed E-state index contributed by atoms with van der Waals surface area (Å²) >= 11 is 0. The highest BCUT2D eigenvalue weighted by Crippen LogP contribution is 2.22. The molecule has 0 N–H and O–H groups in total. The Labute approximate surface area is 161 Å². The van der Waals surface area contributed by atoms with Gasteiger partial charge in [-0.25, -0.2) is 0 Å². The third kappa shape index (κ3) is 5.31.